The first-order valence-electron chi connectivity index (χ1n) is 7.60. The number of β-amino-alcohol motifs (C(OH)–C–C–N with tert-alkyl or cyclic N) is 1. The Balaban J connectivity index is 2.51. The molecule has 3 nitrogen and oxygen atoms in total. The van der Waals surface area contributed by atoms with E-state index in [1.54, 1.807) is 0 Å². The highest BCUT2D eigenvalue weighted by Crippen LogP contribution is 2.27. The Hall–Kier alpha value is -0.720. The Kier molecular flexibility index (Phi) is 6.98. The summed E-state index contributed by atoms with van der Waals surface area (Å²) in [7, 11) is 0. The molecule has 0 bridgehead atoms. The van der Waals surface area contributed by atoms with Gasteiger partial charge in [0.05, 0.1) is 0 Å². The summed E-state index contributed by atoms with van der Waals surface area (Å²) in [5, 5.41) is 13.2. The lowest BCUT2D eigenvalue weighted by atomic mass is 9.82. The van der Waals surface area contributed by atoms with E-state index in [2.05, 4.69) is 55.9 Å². The molecule has 0 saturated carbocycles. The van der Waals surface area contributed by atoms with Crippen LogP contribution in [0.5, 0.6) is 5.75 Å². The third-order valence-corrected chi connectivity index (χ3v) is 3.63. The molecule has 6 heteroatoms. The number of aliphatic hydroxyl groups is 1. The van der Waals surface area contributed by atoms with Gasteiger partial charge in [0.1, 0.15) is 12.7 Å². The van der Waals surface area contributed by atoms with E-state index >= 15 is 0 Å². The van der Waals surface area contributed by atoms with Gasteiger partial charge in [-0.2, -0.15) is 0 Å². The van der Waals surface area contributed by atoms with Crippen molar-refractivity contribution in [3.63, 3.8) is 0 Å². The van der Waals surface area contributed by atoms with Crippen LogP contribution in [0.2, 0.25) is 0 Å². The monoisotopic (exact) mass is 393 g/mol. The molecule has 0 aliphatic carbocycles. The molecule has 0 aliphatic heterocycles. The Bertz CT molecular complexity index is 507. The molecule has 2 N–H and O–H groups in total. The molecule has 23 heavy (non-hydrogen) atoms. The van der Waals surface area contributed by atoms with Crippen molar-refractivity contribution in [2.75, 3.05) is 13.2 Å². The molecule has 0 saturated heterocycles. The number of rotatable bonds is 7. The molecule has 0 unspecified atom stereocenters. The Labute approximate surface area is 145 Å². The van der Waals surface area contributed by atoms with E-state index in [1.165, 1.54) is 0 Å². The molecule has 0 aliphatic rings. The van der Waals surface area contributed by atoms with E-state index in [0.29, 0.717) is 4.47 Å². The van der Waals surface area contributed by atoms with Crippen molar-refractivity contribution in [3.05, 3.63) is 28.2 Å². The molecule has 0 aromatic heterocycles. The second-order valence-electron chi connectivity index (χ2n) is 7.67. The summed E-state index contributed by atoms with van der Waals surface area (Å²) in [4.78, 5) is 0. The minimum absolute atomic E-state index is 0.154. The first-order chi connectivity index (χ1) is 10.4. The normalized spacial score (nSPS) is 14.0. The van der Waals surface area contributed by atoms with Crippen LogP contribution in [0, 0.1) is 17.0 Å². The van der Waals surface area contributed by atoms with E-state index < -0.39 is 23.5 Å². The summed E-state index contributed by atoms with van der Waals surface area (Å²) in [5.41, 5.74) is -0.00498. The Morgan fingerprint density at radius 1 is 1.17 bits per heavy atom. The maximum absolute atomic E-state index is 13.6. The lowest BCUT2D eigenvalue weighted by molar-refractivity contribution is 0.0904. The van der Waals surface area contributed by atoms with Crippen LogP contribution in [0.3, 0.4) is 0 Å². The highest BCUT2D eigenvalue weighted by atomic mass is 79.9. The molecule has 1 aromatic rings. The number of ether oxygens (including phenoxy) is 1. The fraction of sp³-hybridized carbons (Fsp3) is 0.647. The van der Waals surface area contributed by atoms with Crippen molar-refractivity contribution in [3.8, 4) is 5.75 Å². The van der Waals surface area contributed by atoms with Crippen LogP contribution in [0.25, 0.3) is 0 Å². The molecule has 0 amide bonds. The van der Waals surface area contributed by atoms with Crippen LogP contribution in [-0.4, -0.2) is 29.9 Å². The summed E-state index contributed by atoms with van der Waals surface area (Å²) in [5.74, 6) is -2.07. The second-order valence-corrected chi connectivity index (χ2v) is 8.58. The van der Waals surface area contributed by atoms with Crippen molar-refractivity contribution in [1.29, 1.82) is 0 Å². The SMILES string of the molecule is CC(C)(C)CC(C)(C)NC[C@H](O)COc1c(F)cc(Br)cc1F. The average molecular weight is 394 g/mol. The summed E-state index contributed by atoms with van der Waals surface area (Å²) in [6, 6.07) is 2.24. The maximum Gasteiger partial charge on any atom is 0.190 e. The molecule has 132 valence electrons. The maximum atomic E-state index is 13.6. The number of hydrogen-bond donors (Lipinski definition) is 2. The largest absolute Gasteiger partial charge is 0.485 e. The third-order valence-electron chi connectivity index (χ3n) is 3.17. The molecule has 1 rings (SSSR count). The highest BCUT2D eigenvalue weighted by Gasteiger charge is 2.25. The van der Waals surface area contributed by atoms with Gasteiger partial charge in [0.25, 0.3) is 0 Å². The zero-order chi connectivity index (χ0) is 17.8. The standard InChI is InChI=1S/C17H26BrF2NO2/c1-16(2,3)10-17(4,5)21-8-12(22)9-23-15-13(19)6-11(18)7-14(15)20/h6-7,12,21-22H,8-10H2,1-5H3/t12-/m0/s1. The van der Waals surface area contributed by atoms with Gasteiger partial charge in [-0.05, 0) is 37.8 Å². The van der Waals surface area contributed by atoms with Gasteiger partial charge in [0, 0.05) is 16.6 Å². The number of benzene rings is 1. The van der Waals surface area contributed by atoms with E-state index in [1.807, 2.05) is 0 Å². The van der Waals surface area contributed by atoms with Gasteiger partial charge in [0.2, 0.25) is 0 Å². The molecule has 0 radical (unpaired) electrons. The number of hydrogen-bond acceptors (Lipinski definition) is 3. The van der Waals surface area contributed by atoms with Crippen molar-refractivity contribution in [2.45, 2.75) is 52.7 Å². The van der Waals surface area contributed by atoms with Crippen molar-refractivity contribution in [1.82, 2.24) is 5.32 Å². The van der Waals surface area contributed by atoms with E-state index in [0.717, 1.165) is 18.6 Å². The fourth-order valence-corrected chi connectivity index (χ4v) is 3.09. The second kappa shape index (κ2) is 7.90. The van der Waals surface area contributed by atoms with Gasteiger partial charge in [-0.1, -0.05) is 36.7 Å². The van der Waals surface area contributed by atoms with Crippen molar-refractivity contribution in [2.24, 2.45) is 5.41 Å². The summed E-state index contributed by atoms with van der Waals surface area (Å²) >= 11 is 3.00. The first kappa shape index (κ1) is 20.3. The first-order valence-corrected chi connectivity index (χ1v) is 8.39. The number of aliphatic hydroxyl groups excluding tert-OH is 1. The molecular weight excluding hydrogens is 368 g/mol. The Morgan fingerprint density at radius 2 is 1.70 bits per heavy atom. The lowest BCUT2D eigenvalue weighted by Gasteiger charge is -2.34. The summed E-state index contributed by atoms with van der Waals surface area (Å²) in [6.45, 7) is 10.6. The smallest absolute Gasteiger partial charge is 0.190 e. The van der Waals surface area contributed by atoms with Gasteiger partial charge in [-0.25, -0.2) is 8.78 Å². The van der Waals surface area contributed by atoms with Crippen LogP contribution >= 0.6 is 15.9 Å². The minimum Gasteiger partial charge on any atom is -0.485 e. The average Bonchev–Trinajstić information content (AvgIpc) is 2.32. The zero-order valence-electron chi connectivity index (χ0n) is 14.3. The number of halogens is 3. The van der Waals surface area contributed by atoms with Gasteiger partial charge >= 0.3 is 0 Å². The quantitative estimate of drug-likeness (QED) is 0.726. The summed E-state index contributed by atoms with van der Waals surface area (Å²) < 4.78 is 32.6. The van der Waals surface area contributed by atoms with E-state index in [-0.39, 0.29) is 24.1 Å². The molecular formula is C17H26BrF2NO2. The predicted molar refractivity (Wildman–Crippen MR) is 91.7 cm³/mol. The van der Waals surface area contributed by atoms with Gasteiger partial charge in [-0.15, -0.1) is 0 Å². The fourth-order valence-electron chi connectivity index (χ4n) is 2.69. The molecule has 0 fully saturated rings. The molecule has 1 aromatic carbocycles. The molecule has 1 atom stereocenters. The minimum atomic E-state index is -0.864. The van der Waals surface area contributed by atoms with E-state index in [4.69, 9.17) is 4.74 Å². The van der Waals surface area contributed by atoms with E-state index in [9.17, 15) is 13.9 Å². The van der Waals surface area contributed by atoms with Gasteiger partial charge in [0.15, 0.2) is 17.4 Å². The Morgan fingerprint density at radius 3 is 2.17 bits per heavy atom. The van der Waals surface area contributed by atoms with Crippen LogP contribution in [0.15, 0.2) is 16.6 Å². The van der Waals surface area contributed by atoms with Crippen molar-refractivity contribution >= 4 is 15.9 Å². The van der Waals surface area contributed by atoms with Crippen LogP contribution in [-0.2, 0) is 0 Å². The van der Waals surface area contributed by atoms with Crippen molar-refractivity contribution < 1.29 is 18.6 Å². The van der Waals surface area contributed by atoms with Crippen LogP contribution < -0.4 is 10.1 Å². The van der Waals surface area contributed by atoms with Gasteiger partial charge in [-0.3, -0.25) is 0 Å². The van der Waals surface area contributed by atoms with Crippen LogP contribution in [0.4, 0.5) is 8.78 Å². The summed E-state index contributed by atoms with van der Waals surface area (Å²) in [6.07, 6.45) is 0.0560. The molecule has 0 spiro atoms. The third kappa shape index (κ3) is 7.59. The van der Waals surface area contributed by atoms with Crippen LogP contribution in [0.1, 0.15) is 41.0 Å². The van der Waals surface area contributed by atoms with Gasteiger partial charge < -0.3 is 15.2 Å². The number of nitrogens with one attached hydrogen (secondary N) is 1. The highest BCUT2D eigenvalue weighted by molar-refractivity contribution is 9.10. The predicted octanol–water partition coefficient (Wildman–Crippen LogP) is 4.27. The lowest BCUT2D eigenvalue weighted by Crippen LogP contribution is -2.46. The molecule has 0 heterocycles. The zero-order valence-corrected chi connectivity index (χ0v) is 15.9. The topological polar surface area (TPSA) is 41.5 Å².